The Morgan fingerprint density at radius 2 is 2.00 bits per heavy atom. The van der Waals surface area contributed by atoms with E-state index in [0.717, 1.165) is 19.6 Å². The van der Waals surface area contributed by atoms with Gasteiger partial charge >= 0.3 is 6.01 Å². The molecule has 0 atom stereocenters. The van der Waals surface area contributed by atoms with Gasteiger partial charge < -0.3 is 10.5 Å². The van der Waals surface area contributed by atoms with E-state index in [4.69, 9.17) is 10.5 Å². The van der Waals surface area contributed by atoms with Gasteiger partial charge in [-0.15, -0.1) is 0 Å². The Morgan fingerprint density at radius 1 is 1.14 bits per heavy atom. The highest BCUT2D eigenvalue weighted by Crippen LogP contribution is 2.10. The standard InChI is InChI=1S/C13H19N7O/c14-11-16-12(20-7-4-15-10-20)18-13(17-11)21-9-8-19-5-2-1-3-6-19/h4,7,10H,1-3,5-6,8-9H2,(H2,14,16,17,18). The zero-order valence-corrected chi connectivity index (χ0v) is 11.9. The summed E-state index contributed by atoms with van der Waals surface area (Å²) >= 11 is 0. The van der Waals surface area contributed by atoms with Gasteiger partial charge in [-0.2, -0.15) is 15.0 Å². The van der Waals surface area contributed by atoms with Crippen molar-refractivity contribution in [3.63, 3.8) is 0 Å². The van der Waals surface area contributed by atoms with E-state index >= 15 is 0 Å². The molecule has 21 heavy (non-hydrogen) atoms. The number of nitrogens with zero attached hydrogens (tertiary/aromatic N) is 6. The molecule has 112 valence electrons. The predicted octanol–water partition coefficient (Wildman–Crippen LogP) is 0.504. The third kappa shape index (κ3) is 3.66. The molecule has 0 spiro atoms. The molecule has 0 aliphatic carbocycles. The van der Waals surface area contributed by atoms with Crippen LogP contribution >= 0.6 is 0 Å². The average Bonchev–Trinajstić information content (AvgIpc) is 3.02. The minimum absolute atomic E-state index is 0.140. The summed E-state index contributed by atoms with van der Waals surface area (Å²) < 4.78 is 7.27. The molecule has 0 saturated carbocycles. The number of nitrogens with two attached hydrogens (primary N) is 1. The Morgan fingerprint density at radius 3 is 2.76 bits per heavy atom. The van der Waals surface area contributed by atoms with E-state index in [-0.39, 0.29) is 12.0 Å². The number of rotatable bonds is 5. The molecule has 0 bridgehead atoms. The Labute approximate surface area is 123 Å². The topological polar surface area (TPSA) is 95.0 Å². The highest BCUT2D eigenvalue weighted by molar-refractivity contribution is 5.24. The molecule has 8 nitrogen and oxygen atoms in total. The first kappa shape index (κ1) is 13.7. The molecule has 2 aromatic heterocycles. The van der Waals surface area contributed by atoms with E-state index in [1.807, 2.05) is 0 Å². The van der Waals surface area contributed by atoms with Gasteiger partial charge in [0.15, 0.2) is 0 Å². The molecule has 2 N–H and O–H groups in total. The second-order valence-corrected chi connectivity index (χ2v) is 5.00. The second kappa shape index (κ2) is 6.49. The number of anilines is 1. The molecule has 1 aliphatic heterocycles. The summed E-state index contributed by atoms with van der Waals surface area (Å²) in [5.74, 6) is 0.551. The van der Waals surface area contributed by atoms with Crippen LogP contribution in [-0.2, 0) is 0 Å². The highest BCUT2D eigenvalue weighted by atomic mass is 16.5. The van der Waals surface area contributed by atoms with Crippen LogP contribution < -0.4 is 10.5 Å². The van der Waals surface area contributed by atoms with Crippen LogP contribution in [0.2, 0.25) is 0 Å². The van der Waals surface area contributed by atoms with Crippen molar-refractivity contribution in [2.45, 2.75) is 19.3 Å². The van der Waals surface area contributed by atoms with Gasteiger partial charge in [0.2, 0.25) is 11.9 Å². The minimum atomic E-state index is 0.140. The molecule has 1 aliphatic rings. The van der Waals surface area contributed by atoms with Gasteiger partial charge in [0.25, 0.3) is 0 Å². The minimum Gasteiger partial charge on any atom is -0.462 e. The van der Waals surface area contributed by atoms with Crippen LogP contribution in [0, 0.1) is 0 Å². The monoisotopic (exact) mass is 289 g/mol. The van der Waals surface area contributed by atoms with Gasteiger partial charge in [-0.05, 0) is 25.9 Å². The van der Waals surface area contributed by atoms with Crippen molar-refractivity contribution in [2.75, 3.05) is 32.0 Å². The maximum Gasteiger partial charge on any atom is 0.323 e. The summed E-state index contributed by atoms with van der Waals surface area (Å²) in [5.41, 5.74) is 5.69. The van der Waals surface area contributed by atoms with Gasteiger partial charge in [-0.1, -0.05) is 6.42 Å². The van der Waals surface area contributed by atoms with Gasteiger partial charge in [0.1, 0.15) is 12.9 Å². The van der Waals surface area contributed by atoms with Crippen LogP contribution in [0.4, 0.5) is 5.95 Å². The molecule has 2 aromatic rings. The molecule has 0 amide bonds. The molecule has 1 saturated heterocycles. The number of hydrogen-bond donors (Lipinski definition) is 1. The molecule has 0 radical (unpaired) electrons. The highest BCUT2D eigenvalue weighted by Gasteiger charge is 2.11. The lowest BCUT2D eigenvalue weighted by Crippen LogP contribution is -2.33. The third-order valence-corrected chi connectivity index (χ3v) is 3.44. The lowest BCUT2D eigenvalue weighted by Gasteiger charge is -2.25. The van der Waals surface area contributed by atoms with Crippen LogP contribution in [0.5, 0.6) is 6.01 Å². The third-order valence-electron chi connectivity index (χ3n) is 3.44. The molecule has 3 heterocycles. The summed E-state index contributed by atoms with van der Waals surface area (Å²) in [6, 6.07) is 0.253. The Balaban J connectivity index is 1.60. The molecule has 0 aromatic carbocycles. The van der Waals surface area contributed by atoms with E-state index in [2.05, 4.69) is 24.8 Å². The fourth-order valence-electron chi connectivity index (χ4n) is 2.37. The summed E-state index contributed by atoms with van der Waals surface area (Å²) in [6.45, 7) is 3.71. The Bertz CT molecular complexity index is 566. The van der Waals surface area contributed by atoms with Gasteiger partial charge in [-0.25, -0.2) is 4.98 Å². The van der Waals surface area contributed by atoms with E-state index < -0.39 is 0 Å². The number of likely N-dealkylation sites (tertiary alicyclic amines) is 1. The summed E-state index contributed by atoms with van der Waals surface area (Å²) in [7, 11) is 0. The van der Waals surface area contributed by atoms with Gasteiger partial charge in [-0.3, -0.25) is 9.47 Å². The molecule has 0 unspecified atom stereocenters. The van der Waals surface area contributed by atoms with Crippen molar-refractivity contribution in [3.05, 3.63) is 18.7 Å². The lowest BCUT2D eigenvalue weighted by atomic mass is 10.1. The number of aromatic nitrogens is 5. The van der Waals surface area contributed by atoms with Crippen LogP contribution in [-0.4, -0.2) is 55.6 Å². The Hall–Kier alpha value is -2.22. The summed E-state index contributed by atoms with van der Waals surface area (Å²) in [6.07, 6.45) is 8.86. The van der Waals surface area contributed by atoms with Crippen molar-refractivity contribution in [3.8, 4) is 12.0 Å². The van der Waals surface area contributed by atoms with Crippen LogP contribution in [0.3, 0.4) is 0 Å². The first-order valence-electron chi connectivity index (χ1n) is 7.16. The quantitative estimate of drug-likeness (QED) is 0.856. The molecular formula is C13H19N7O. The normalized spacial score (nSPS) is 16.0. The molecule has 3 rings (SSSR count). The van der Waals surface area contributed by atoms with E-state index in [1.165, 1.54) is 19.3 Å². The van der Waals surface area contributed by atoms with Crippen molar-refractivity contribution >= 4 is 5.95 Å². The van der Waals surface area contributed by atoms with Crippen molar-refractivity contribution < 1.29 is 4.74 Å². The number of imidazole rings is 1. The average molecular weight is 289 g/mol. The smallest absolute Gasteiger partial charge is 0.323 e. The fourth-order valence-corrected chi connectivity index (χ4v) is 2.37. The maximum absolute atomic E-state index is 5.69. The lowest BCUT2D eigenvalue weighted by molar-refractivity contribution is 0.177. The maximum atomic E-state index is 5.69. The second-order valence-electron chi connectivity index (χ2n) is 5.00. The van der Waals surface area contributed by atoms with E-state index in [0.29, 0.717) is 12.6 Å². The molecule has 1 fully saturated rings. The van der Waals surface area contributed by atoms with Crippen molar-refractivity contribution in [1.29, 1.82) is 0 Å². The van der Waals surface area contributed by atoms with Gasteiger partial charge in [0.05, 0.1) is 0 Å². The van der Waals surface area contributed by atoms with Crippen molar-refractivity contribution in [2.24, 2.45) is 0 Å². The van der Waals surface area contributed by atoms with E-state index in [1.54, 1.807) is 23.3 Å². The molecule has 8 heteroatoms. The van der Waals surface area contributed by atoms with Crippen LogP contribution in [0.15, 0.2) is 18.7 Å². The Kier molecular flexibility index (Phi) is 4.25. The number of piperidine rings is 1. The first-order chi connectivity index (χ1) is 10.3. The van der Waals surface area contributed by atoms with Gasteiger partial charge in [0, 0.05) is 18.9 Å². The summed E-state index contributed by atoms with van der Waals surface area (Å²) in [4.78, 5) is 18.7. The number of nitrogen functional groups attached to an aromatic ring is 1. The predicted molar refractivity (Wildman–Crippen MR) is 77.1 cm³/mol. The largest absolute Gasteiger partial charge is 0.462 e. The van der Waals surface area contributed by atoms with Crippen LogP contribution in [0.1, 0.15) is 19.3 Å². The zero-order chi connectivity index (χ0) is 14.5. The molecular weight excluding hydrogens is 270 g/mol. The number of ether oxygens (including phenoxy) is 1. The van der Waals surface area contributed by atoms with Crippen LogP contribution in [0.25, 0.3) is 5.95 Å². The van der Waals surface area contributed by atoms with Crippen molar-refractivity contribution in [1.82, 2.24) is 29.4 Å². The SMILES string of the molecule is Nc1nc(OCCN2CCCCC2)nc(-n2ccnc2)n1. The van der Waals surface area contributed by atoms with E-state index in [9.17, 15) is 0 Å². The fraction of sp³-hybridized carbons (Fsp3) is 0.538. The first-order valence-corrected chi connectivity index (χ1v) is 7.16. The summed E-state index contributed by atoms with van der Waals surface area (Å²) in [5, 5.41) is 0. The zero-order valence-electron chi connectivity index (χ0n) is 11.9. The number of hydrogen-bond acceptors (Lipinski definition) is 7.